The van der Waals surface area contributed by atoms with Crippen molar-refractivity contribution in [2.75, 3.05) is 13.7 Å². The zero-order valence-electron chi connectivity index (χ0n) is 9.93. The predicted octanol–water partition coefficient (Wildman–Crippen LogP) is 1.99. The molecule has 0 fully saturated rings. The first-order valence-electron chi connectivity index (χ1n) is 5.35. The van der Waals surface area contributed by atoms with Gasteiger partial charge in [0.2, 0.25) is 0 Å². The van der Waals surface area contributed by atoms with Crippen molar-refractivity contribution in [1.29, 1.82) is 0 Å². The molecule has 1 N–H and O–H groups in total. The number of carbonyl (C=O) groups is 1. The smallest absolute Gasteiger partial charge is 0.355 e. The van der Waals surface area contributed by atoms with E-state index in [0.29, 0.717) is 18.8 Å². The molecule has 0 saturated carbocycles. The minimum absolute atomic E-state index is 0.0554. The van der Waals surface area contributed by atoms with Gasteiger partial charge in [-0.1, -0.05) is 5.16 Å². The Morgan fingerprint density at radius 2 is 2.06 bits per heavy atom. The number of methoxy groups -OCH3 is 1. The summed E-state index contributed by atoms with van der Waals surface area (Å²) in [6.45, 7) is 0.321. The summed E-state index contributed by atoms with van der Waals surface area (Å²) in [5, 5.41) is 11.4. The molecule has 0 aliphatic rings. The molecule has 18 heavy (non-hydrogen) atoms. The largest absolute Gasteiger partial charge is 0.494 e. The van der Waals surface area contributed by atoms with Crippen LogP contribution >= 0.6 is 0 Å². The fourth-order valence-corrected chi connectivity index (χ4v) is 1.27. The van der Waals surface area contributed by atoms with E-state index in [1.807, 2.05) is 0 Å². The van der Waals surface area contributed by atoms with Crippen LogP contribution in [0.3, 0.4) is 0 Å². The van der Waals surface area contributed by atoms with Crippen LogP contribution in [-0.4, -0.2) is 30.6 Å². The molecule has 98 valence electrons. The SMILES string of the molecule is COC(=O)/C(CCCOc1ccc(F)cc1)=N/O. The van der Waals surface area contributed by atoms with E-state index in [1.54, 1.807) is 0 Å². The van der Waals surface area contributed by atoms with Crippen LogP contribution in [0.5, 0.6) is 5.75 Å². The third-order valence-corrected chi connectivity index (χ3v) is 2.18. The molecule has 0 aliphatic carbocycles. The van der Waals surface area contributed by atoms with Gasteiger partial charge in [0.25, 0.3) is 0 Å². The molecule has 1 aromatic rings. The normalized spacial score (nSPS) is 11.1. The van der Waals surface area contributed by atoms with Crippen molar-refractivity contribution in [3.05, 3.63) is 30.1 Å². The van der Waals surface area contributed by atoms with E-state index < -0.39 is 5.97 Å². The van der Waals surface area contributed by atoms with Gasteiger partial charge in [0.05, 0.1) is 13.7 Å². The average molecular weight is 255 g/mol. The highest BCUT2D eigenvalue weighted by Gasteiger charge is 2.11. The molecule has 6 heteroatoms. The molecule has 1 aromatic carbocycles. The molecular weight excluding hydrogens is 241 g/mol. The van der Waals surface area contributed by atoms with Crippen molar-refractivity contribution in [1.82, 2.24) is 0 Å². The lowest BCUT2D eigenvalue weighted by Gasteiger charge is -2.06. The molecule has 5 nitrogen and oxygen atoms in total. The number of rotatable bonds is 6. The first-order valence-corrected chi connectivity index (χ1v) is 5.35. The third-order valence-electron chi connectivity index (χ3n) is 2.18. The number of ether oxygens (including phenoxy) is 2. The zero-order chi connectivity index (χ0) is 13.4. The highest BCUT2D eigenvalue weighted by molar-refractivity contribution is 6.36. The van der Waals surface area contributed by atoms with Crippen molar-refractivity contribution in [3.8, 4) is 5.75 Å². The maximum absolute atomic E-state index is 12.6. The molecule has 0 radical (unpaired) electrons. The van der Waals surface area contributed by atoms with Gasteiger partial charge in [-0.3, -0.25) is 0 Å². The molecule has 1 rings (SSSR count). The number of carbonyl (C=O) groups excluding carboxylic acids is 1. The van der Waals surface area contributed by atoms with E-state index in [1.165, 1.54) is 31.4 Å². The lowest BCUT2D eigenvalue weighted by Crippen LogP contribution is -2.16. The molecule has 0 unspecified atom stereocenters. The second kappa shape index (κ2) is 7.26. The van der Waals surface area contributed by atoms with Gasteiger partial charge in [-0.25, -0.2) is 9.18 Å². The monoisotopic (exact) mass is 255 g/mol. The predicted molar refractivity (Wildman–Crippen MR) is 62.4 cm³/mol. The number of hydrogen-bond acceptors (Lipinski definition) is 5. The first-order chi connectivity index (χ1) is 8.67. The molecule has 0 amide bonds. The fourth-order valence-electron chi connectivity index (χ4n) is 1.27. The summed E-state index contributed by atoms with van der Waals surface area (Å²) < 4.78 is 22.3. The topological polar surface area (TPSA) is 68.1 Å². The Balaban J connectivity index is 2.30. The molecule has 0 bridgehead atoms. The van der Waals surface area contributed by atoms with Crippen LogP contribution in [0.4, 0.5) is 4.39 Å². The zero-order valence-corrected chi connectivity index (χ0v) is 9.93. The molecule has 0 spiro atoms. The molecule has 0 heterocycles. The van der Waals surface area contributed by atoms with E-state index in [-0.39, 0.29) is 17.9 Å². The Kier molecular flexibility index (Phi) is 5.63. The summed E-state index contributed by atoms with van der Waals surface area (Å²) in [6.07, 6.45) is 0.718. The Labute approximate surface area is 104 Å². The van der Waals surface area contributed by atoms with Crippen LogP contribution in [0, 0.1) is 5.82 Å². The van der Waals surface area contributed by atoms with Gasteiger partial charge >= 0.3 is 5.97 Å². The van der Waals surface area contributed by atoms with E-state index in [4.69, 9.17) is 9.94 Å². The minimum Gasteiger partial charge on any atom is -0.494 e. The van der Waals surface area contributed by atoms with Crippen LogP contribution in [0.2, 0.25) is 0 Å². The number of nitrogens with zero attached hydrogens (tertiary/aromatic N) is 1. The highest BCUT2D eigenvalue weighted by Crippen LogP contribution is 2.11. The summed E-state index contributed by atoms with van der Waals surface area (Å²) in [4.78, 5) is 11.0. The Bertz CT molecular complexity index is 417. The summed E-state index contributed by atoms with van der Waals surface area (Å²) >= 11 is 0. The fraction of sp³-hybridized carbons (Fsp3) is 0.333. The van der Waals surface area contributed by atoms with E-state index in [2.05, 4.69) is 9.89 Å². The quantitative estimate of drug-likeness (QED) is 0.277. The number of benzene rings is 1. The highest BCUT2D eigenvalue weighted by atomic mass is 19.1. The van der Waals surface area contributed by atoms with Crippen LogP contribution in [-0.2, 0) is 9.53 Å². The van der Waals surface area contributed by atoms with Gasteiger partial charge in [-0.15, -0.1) is 0 Å². The molecule has 0 saturated heterocycles. The molecule has 0 aromatic heterocycles. The van der Waals surface area contributed by atoms with Crippen molar-refractivity contribution in [3.63, 3.8) is 0 Å². The van der Waals surface area contributed by atoms with Gasteiger partial charge < -0.3 is 14.7 Å². The van der Waals surface area contributed by atoms with Gasteiger partial charge in [0.1, 0.15) is 11.6 Å². The Hall–Kier alpha value is -2.11. The Morgan fingerprint density at radius 1 is 1.39 bits per heavy atom. The number of halogens is 1. The summed E-state index contributed by atoms with van der Waals surface area (Å²) in [6, 6.07) is 5.61. The molecule has 0 atom stereocenters. The van der Waals surface area contributed by atoms with Crippen LogP contribution in [0.1, 0.15) is 12.8 Å². The number of oxime groups is 1. The summed E-state index contributed by atoms with van der Waals surface area (Å²) in [5.74, 6) is -0.459. The van der Waals surface area contributed by atoms with Gasteiger partial charge in [-0.2, -0.15) is 0 Å². The average Bonchev–Trinajstić information content (AvgIpc) is 2.40. The lowest BCUT2D eigenvalue weighted by molar-refractivity contribution is -0.133. The van der Waals surface area contributed by atoms with Crippen LogP contribution in [0.15, 0.2) is 29.4 Å². The maximum atomic E-state index is 12.6. The van der Waals surface area contributed by atoms with Crippen molar-refractivity contribution in [2.45, 2.75) is 12.8 Å². The summed E-state index contributed by atoms with van der Waals surface area (Å²) in [7, 11) is 1.21. The van der Waals surface area contributed by atoms with Crippen molar-refractivity contribution >= 4 is 11.7 Å². The maximum Gasteiger partial charge on any atom is 0.355 e. The standard InChI is InChI=1S/C12H14FNO4/c1-17-12(15)11(14-16)3-2-8-18-10-6-4-9(13)5-7-10/h4-7,16H,2-3,8H2,1H3/b14-11+. The first kappa shape index (κ1) is 14.0. The third kappa shape index (κ3) is 4.40. The number of esters is 1. The Morgan fingerprint density at radius 3 is 2.61 bits per heavy atom. The van der Waals surface area contributed by atoms with Crippen LogP contribution in [0.25, 0.3) is 0 Å². The minimum atomic E-state index is -0.667. The van der Waals surface area contributed by atoms with Crippen molar-refractivity contribution in [2.24, 2.45) is 5.16 Å². The van der Waals surface area contributed by atoms with Gasteiger partial charge in [-0.05, 0) is 30.7 Å². The molecular formula is C12H14FNO4. The van der Waals surface area contributed by atoms with E-state index in [9.17, 15) is 9.18 Å². The number of hydrogen-bond donors (Lipinski definition) is 1. The van der Waals surface area contributed by atoms with Gasteiger partial charge in [0.15, 0.2) is 5.71 Å². The van der Waals surface area contributed by atoms with Crippen molar-refractivity contribution < 1.29 is 23.9 Å². The molecule has 0 aliphatic heterocycles. The second-order valence-electron chi connectivity index (χ2n) is 3.44. The second-order valence-corrected chi connectivity index (χ2v) is 3.44. The summed E-state index contributed by atoms with van der Waals surface area (Å²) in [5.41, 5.74) is -0.0554. The van der Waals surface area contributed by atoms with E-state index >= 15 is 0 Å². The van der Waals surface area contributed by atoms with E-state index in [0.717, 1.165) is 0 Å². The van der Waals surface area contributed by atoms with Crippen LogP contribution < -0.4 is 4.74 Å². The lowest BCUT2D eigenvalue weighted by atomic mass is 10.2. The van der Waals surface area contributed by atoms with Gasteiger partial charge in [0, 0.05) is 6.42 Å².